The summed E-state index contributed by atoms with van der Waals surface area (Å²) in [6.45, 7) is 2.90. The van der Waals surface area contributed by atoms with Crippen molar-refractivity contribution in [1.29, 1.82) is 0 Å². The third-order valence-corrected chi connectivity index (χ3v) is 5.07. The lowest BCUT2D eigenvalue weighted by molar-refractivity contribution is -0.165. The van der Waals surface area contributed by atoms with E-state index < -0.39 is 26.8 Å². The highest BCUT2D eigenvalue weighted by atomic mass is 32.2. The first-order chi connectivity index (χ1) is 7.11. The average molecular weight is 259 g/mol. The second-order valence-corrected chi connectivity index (χ2v) is 7.10. The van der Waals surface area contributed by atoms with E-state index in [1.807, 2.05) is 0 Å². The van der Waals surface area contributed by atoms with Crippen LogP contribution in [0.3, 0.4) is 0 Å². The summed E-state index contributed by atoms with van der Waals surface area (Å²) < 4.78 is 60.1. The molecule has 3 nitrogen and oxygen atoms in total. The molecule has 1 saturated carbocycles. The lowest BCUT2D eigenvalue weighted by Gasteiger charge is -2.20. The predicted molar refractivity (Wildman–Crippen MR) is 54.9 cm³/mol. The zero-order chi connectivity index (χ0) is 12.6. The zero-order valence-corrected chi connectivity index (χ0v) is 10.1. The summed E-state index contributed by atoms with van der Waals surface area (Å²) in [5.41, 5.74) is -1.82. The molecule has 0 heterocycles. The van der Waals surface area contributed by atoms with Gasteiger partial charge < -0.3 is 5.32 Å². The Labute approximate surface area is 93.3 Å². The van der Waals surface area contributed by atoms with Crippen molar-refractivity contribution in [2.24, 2.45) is 0 Å². The van der Waals surface area contributed by atoms with Crippen molar-refractivity contribution < 1.29 is 21.6 Å². The van der Waals surface area contributed by atoms with Gasteiger partial charge in [0.15, 0.2) is 9.84 Å². The van der Waals surface area contributed by atoms with Gasteiger partial charge in [0.1, 0.15) is 5.54 Å². The van der Waals surface area contributed by atoms with Crippen LogP contribution in [-0.2, 0) is 9.84 Å². The molecular weight excluding hydrogens is 243 g/mol. The molecule has 0 bridgehead atoms. The topological polar surface area (TPSA) is 46.2 Å². The van der Waals surface area contributed by atoms with Crippen molar-refractivity contribution >= 4 is 9.84 Å². The largest absolute Gasteiger partial charge is 0.406 e. The van der Waals surface area contributed by atoms with Crippen LogP contribution in [0.4, 0.5) is 13.2 Å². The second kappa shape index (κ2) is 4.18. The van der Waals surface area contributed by atoms with Crippen LogP contribution < -0.4 is 5.32 Å². The molecular formula is C9H16F3NO2S. The molecule has 1 aliphatic rings. The molecule has 1 N–H and O–H groups in total. The lowest BCUT2D eigenvalue weighted by Crippen LogP contribution is -2.46. The predicted octanol–water partition coefficient (Wildman–Crippen LogP) is 1.49. The normalized spacial score (nSPS) is 20.1. The Bertz CT molecular complexity index is 344. The van der Waals surface area contributed by atoms with Gasteiger partial charge in [-0.05, 0) is 26.7 Å². The van der Waals surface area contributed by atoms with Crippen LogP contribution in [0, 0.1) is 0 Å². The Morgan fingerprint density at radius 1 is 1.31 bits per heavy atom. The van der Waals surface area contributed by atoms with Gasteiger partial charge in [-0.3, -0.25) is 0 Å². The Hall–Kier alpha value is -0.300. The molecule has 1 aliphatic carbocycles. The maximum absolute atomic E-state index is 12.5. The zero-order valence-electron chi connectivity index (χ0n) is 9.26. The van der Waals surface area contributed by atoms with Gasteiger partial charge in [-0.1, -0.05) is 0 Å². The summed E-state index contributed by atoms with van der Waals surface area (Å²) in [6.07, 6.45) is -4.20. The first kappa shape index (κ1) is 13.8. The van der Waals surface area contributed by atoms with Crippen molar-refractivity contribution in [3.63, 3.8) is 0 Å². The van der Waals surface area contributed by atoms with Gasteiger partial charge in [-0.25, -0.2) is 8.42 Å². The molecule has 0 aromatic carbocycles. The summed E-state index contributed by atoms with van der Waals surface area (Å²) in [5, 5.41) is 1.77. The minimum absolute atomic E-state index is 0.0399. The van der Waals surface area contributed by atoms with Crippen molar-refractivity contribution in [3.05, 3.63) is 0 Å². The molecule has 96 valence electrons. The van der Waals surface area contributed by atoms with Crippen LogP contribution in [0.15, 0.2) is 0 Å². The van der Waals surface area contributed by atoms with Gasteiger partial charge in [0, 0.05) is 6.54 Å². The van der Waals surface area contributed by atoms with E-state index in [9.17, 15) is 21.6 Å². The van der Waals surface area contributed by atoms with Gasteiger partial charge in [-0.2, -0.15) is 13.2 Å². The number of nitrogens with one attached hydrogen (secondary N) is 1. The lowest BCUT2D eigenvalue weighted by atomic mass is 10.2. The molecule has 0 unspecified atom stereocenters. The molecule has 0 spiro atoms. The van der Waals surface area contributed by atoms with Gasteiger partial charge in [0.05, 0.1) is 11.0 Å². The molecule has 0 atom stereocenters. The summed E-state index contributed by atoms with van der Waals surface area (Å²) >= 11 is 0. The monoisotopic (exact) mass is 259 g/mol. The summed E-state index contributed by atoms with van der Waals surface area (Å²) in [6, 6.07) is 0. The molecule has 0 aromatic heterocycles. The Morgan fingerprint density at radius 3 is 2.12 bits per heavy atom. The van der Waals surface area contributed by atoms with E-state index >= 15 is 0 Å². The van der Waals surface area contributed by atoms with Crippen LogP contribution in [0.5, 0.6) is 0 Å². The SMILES string of the molecule is CC(C)S(=O)(=O)CCNC1(C(F)(F)F)CC1. The molecule has 0 saturated heterocycles. The van der Waals surface area contributed by atoms with E-state index in [4.69, 9.17) is 0 Å². The molecule has 0 aliphatic heterocycles. The van der Waals surface area contributed by atoms with Gasteiger partial charge in [0.25, 0.3) is 0 Å². The maximum atomic E-state index is 12.5. The van der Waals surface area contributed by atoms with Crippen LogP contribution in [-0.4, -0.2) is 37.7 Å². The van der Waals surface area contributed by atoms with Crippen molar-refractivity contribution in [1.82, 2.24) is 5.32 Å². The van der Waals surface area contributed by atoms with Crippen molar-refractivity contribution in [3.8, 4) is 0 Å². The summed E-state index contributed by atoms with van der Waals surface area (Å²) in [4.78, 5) is 0. The first-order valence-electron chi connectivity index (χ1n) is 5.14. The molecule has 0 aromatic rings. The van der Waals surface area contributed by atoms with Gasteiger partial charge in [-0.15, -0.1) is 0 Å². The van der Waals surface area contributed by atoms with Gasteiger partial charge >= 0.3 is 6.18 Å². The molecule has 0 radical (unpaired) electrons. The molecule has 1 fully saturated rings. The fourth-order valence-corrected chi connectivity index (χ4v) is 2.21. The van der Waals surface area contributed by atoms with E-state index in [0.717, 1.165) is 0 Å². The highest BCUT2D eigenvalue weighted by molar-refractivity contribution is 7.92. The molecule has 0 amide bonds. The second-order valence-electron chi connectivity index (χ2n) is 4.42. The smallest absolute Gasteiger partial charge is 0.303 e. The minimum atomic E-state index is -4.28. The van der Waals surface area contributed by atoms with E-state index in [-0.39, 0.29) is 25.1 Å². The van der Waals surface area contributed by atoms with Gasteiger partial charge in [0.2, 0.25) is 0 Å². The quantitative estimate of drug-likeness (QED) is 0.813. The average Bonchev–Trinajstić information content (AvgIpc) is 2.83. The number of hydrogen-bond donors (Lipinski definition) is 1. The van der Waals surface area contributed by atoms with Crippen LogP contribution in [0.1, 0.15) is 26.7 Å². The summed E-state index contributed by atoms with van der Waals surface area (Å²) in [5.74, 6) is -0.248. The molecule has 7 heteroatoms. The minimum Gasteiger partial charge on any atom is -0.303 e. The third-order valence-electron chi connectivity index (χ3n) is 2.86. The van der Waals surface area contributed by atoms with Crippen LogP contribution >= 0.6 is 0 Å². The summed E-state index contributed by atoms with van der Waals surface area (Å²) in [7, 11) is -3.27. The molecule has 1 rings (SSSR count). The van der Waals surface area contributed by atoms with Crippen LogP contribution in [0.25, 0.3) is 0 Å². The van der Waals surface area contributed by atoms with E-state index in [1.165, 1.54) is 13.8 Å². The number of hydrogen-bond acceptors (Lipinski definition) is 3. The standard InChI is InChI=1S/C9H16F3NO2S/c1-7(2)16(14,15)6-5-13-8(3-4-8)9(10,11)12/h7,13H,3-6H2,1-2H3. The number of rotatable bonds is 5. The fraction of sp³-hybridized carbons (Fsp3) is 1.00. The van der Waals surface area contributed by atoms with Crippen molar-refractivity contribution in [2.45, 2.75) is 43.7 Å². The number of alkyl halides is 3. The Kier molecular flexibility index (Phi) is 3.59. The van der Waals surface area contributed by atoms with E-state index in [1.54, 1.807) is 0 Å². The van der Waals surface area contributed by atoms with Crippen molar-refractivity contribution in [2.75, 3.05) is 12.3 Å². The highest BCUT2D eigenvalue weighted by Crippen LogP contribution is 2.48. The number of halogens is 3. The van der Waals surface area contributed by atoms with E-state index in [0.29, 0.717) is 0 Å². The first-order valence-corrected chi connectivity index (χ1v) is 6.86. The Morgan fingerprint density at radius 2 is 1.81 bits per heavy atom. The Balaban J connectivity index is 2.44. The third kappa shape index (κ3) is 2.88. The fourth-order valence-electron chi connectivity index (χ4n) is 1.35. The maximum Gasteiger partial charge on any atom is 0.406 e. The van der Waals surface area contributed by atoms with Crippen LogP contribution in [0.2, 0.25) is 0 Å². The highest BCUT2D eigenvalue weighted by Gasteiger charge is 2.62. The number of sulfone groups is 1. The molecule has 16 heavy (non-hydrogen) atoms. The van der Waals surface area contributed by atoms with E-state index in [2.05, 4.69) is 5.32 Å².